The lowest BCUT2D eigenvalue weighted by Gasteiger charge is -2.15. The van der Waals surface area contributed by atoms with Crippen LogP contribution in [0.5, 0.6) is 0 Å². The molecule has 0 spiro atoms. The molecule has 0 aliphatic heterocycles. The van der Waals surface area contributed by atoms with Gasteiger partial charge in [-0.05, 0) is 19.6 Å². The van der Waals surface area contributed by atoms with Crippen LogP contribution in [0.25, 0.3) is 5.95 Å². The molecule has 9 heteroatoms. The molecule has 0 aliphatic rings. The number of nitrogens with one attached hydrogen (secondary N) is 1. The summed E-state index contributed by atoms with van der Waals surface area (Å²) in [5.41, 5.74) is 0. The molecule has 114 valence electrons. The minimum absolute atomic E-state index is 0.285. The predicted molar refractivity (Wildman–Crippen MR) is 84.2 cm³/mol. The minimum atomic E-state index is 0.285. The maximum Gasteiger partial charge on any atom is 0.258 e. The third kappa shape index (κ3) is 3.81. The summed E-state index contributed by atoms with van der Waals surface area (Å²) in [6, 6.07) is 0.285. The van der Waals surface area contributed by atoms with E-state index in [1.165, 1.54) is 11.8 Å². The smallest absolute Gasteiger partial charge is 0.258 e. The van der Waals surface area contributed by atoms with Gasteiger partial charge in [-0.2, -0.15) is 19.6 Å². The average Bonchev–Trinajstić information content (AvgIpc) is 2.95. The molecule has 1 atom stereocenters. The van der Waals surface area contributed by atoms with Crippen molar-refractivity contribution < 1.29 is 0 Å². The van der Waals surface area contributed by atoms with E-state index < -0.39 is 0 Å². The fourth-order valence-corrected chi connectivity index (χ4v) is 1.80. The first-order valence-corrected chi connectivity index (χ1v) is 7.92. The number of aromatic nitrogens is 6. The Labute approximate surface area is 128 Å². The Kier molecular flexibility index (Phi) is 4.94. The largest absolute Gasteiger partial charge is 0.352 e. The summed E-state index contributed by atoms with van der Waals surface area (Å²) >= 11 is 1.47. The standard InChI is InChI=1S/C12H20N8S/c1-6-8(2)14-9-15-10(19(3)4)17-11(16-9)20-7-13-12(18-20)21-5/h7-8H,6H2,1-5H3,(H,14,15,16,17)/t8-/m0/s1. The molecule has 0 bridgehead atoms. The van der Waals surface area contributed by atoms with Gasteiger partial charge in [0.1, 0.15) is 6.33 Å². The number of nitrogens with zero attached hydrogens (tertiary/aromatic N) is 7. The van der Waals surface area contributed by atoms with Gasteiger partial charge >= 0.3 is 0 Å². The zero-order valence-electron chi connectivity index (χ0n) is 12.9. The Morgan fingerprint density at radius 2 is 2.10 bits per heavy atom. The van der Waals surface area contributed by atoms with Gasteiger partial charge in [-0.15, -0.1) is 5.10 Å². The summed E-state index contributed by atoms with van der Waals surface area (Å²) in [6.45, 7) is 4.19. The third-order valence-corrected chi connectivity index (χ3v) is 3.41. The number of hydrogen-bond acceptors (Lipinski definition) is 8. The van der Waals surface area contributed by atoms with Crippen LogP contribution in [0.2, 0.25) is 0 Å². The van der Waals surface area contributed by atoms with E-state index >= 15 is 0 Å². The molecule has 2 aromatic rings. The number of hydrogen-bond donors (Lipinski definition) is 1. The molecular weight excluding hydrogens is 288 g/mol. The van der Waals surface area contributed by atoms with Crippen LogP contribution in [0.3, 0.4) is 0 Å². The molecule has 0 fully saturated rings. The summed E-state index contributed by atoms with van der Waals surface area (Å²) in [5, 5.41) is 8.25. The van der Waals surface area contributed by atoms with Gasteiger partial charge in [0.25, 0.3) is 5.95 Å². The summed E-state index contributed by atoms with van der Waals surface area (Å²) in [4.78, 5) is 19.2. The van der Waals surface area contributed by atoms with E-state index in [2.05, 4.69) is 44.2 Å². The van der Waals surface area contributed by atoms with Crippen LogP contribution in [-0.4, -0.2) is 56.1 Å². The zero-order chi connectivity index (χ0) is 15.4. The Balaban J connectivity index is 2.39. The van der Waals surface area contributed by atoms with Gasteiger partial charge in [0, 0.05) is 20.1 Å². The van der Waals surface area contributed by atoms with E-state index in [0.29, 0.717) is 23.0 Å². The molecule has 21 heavy (non-hydrogen) atoms. The van der Waals surface area contributed by atoms with E-state index in [0.717, 1.165) is 6.42 Å². The van der Waals surface area contributed by atoms with Crippen LogP contribution in [0.1, 0.15) is 20.3 Å². The zero-order valence-corrected chi connectivity index (χ0v) is 13.7. The van der Waals surface area contributed by atoms with Crippen LogP contribution < -0.4 is 10.2 Å². The van der Waals surface area contributed by atoms with Crippen molar-refractivity contribution in [3.8, 4) is 5.95 Å². The van der Waals surface area contributed by atoms with Crippen molar-refractivity contribution in [2.75, 3.05) is 30.6 Å². The molecule has 0 aliphatic carbocycles. The van der Waals surface area contributed by atoms with Gasteiger partial charge < -0.3 is 10.2 Å². The second-order valence-electron chi connectivity index (χ2n) is 4.78. The van der Waals surface area contributed by atoms with Crippen molar-refractivity contribution in [3.05, 3.63) is 6.33 Å². The molecule has 2 aromatic heterocycles. The SMILES string of the molecule is CC[C@H](C)Nc1nc(N(C)C)nc(-n2cnc(SC)n2)n1. The van der Waals surface area contributed by atoms with Crippen LogP contribution in [0.4, 0.5) is 11.9 Å². The summed E-state index contributed by atoms with van der Waals surface area (Å²) in [7, 11) is 3.78. The van der Waals surface area contributed by atoms with Crippen molar-refractivity contribution in [2.24, 2.45) is 0 Å². The van der Waals surface area contributed by atoms with E-state index in [9.17, 15) is 0 Å². The monoisotopic (exact) mass is 308 g/mol. The van der Waals surface area contributed by atoms with Gasteiger partial charge in [0.15, 0.2) is 0 Å². The first-order chi connectivity index (χ1) is 10.0. The van der Waals surface area contributed by atoms with Gasteiger partial charge in [-0.25, -0.2) is 4.98 Å². The molecule has 0 amide bonds. The third-order valence-electron chi connectivity index (χ3n) is 2.86. The first-order valence-electron chi connectivity index (χ1n) is 6.69. The predicted octanol–water partition coefficient (Wildman–Crippen LogP) is 1.45. The lowest BCUT2D eigenvalue weighted by Crippen LogP contribution is -2.21. The Hall–Kier alpha value is -1.90. The van der Waals surface area contributed by atoms with E-state index in [4.69, 9.17) is 0 Å². The summed E-state index contributed by atoms with van der Waals surface area (Å²) < 4.78 is 1.56. The first kappa shape index (κ1) is 15.5. The van der Waals surface area contributed by atoms with Crippen LogP contribution in [0.15, 0.2) is 11.5 Å². The lowest BCUT2D eigenvalue weighted by molar-refractivity contribution is 0.732. The topological polar surface area (TPSA) is 84.7 Å². The minimum Gasteiger partial charge on any atom is -0.352 e. The highest BCUT2D eigenvalue weighted by molar-refractivity contribution is 7.98. The molecule has 1 N–H and O–H groups in total. The van der Waals surface area contributed by atoms with Crippen LogP contribution in [-0.2, 0) is 0 Å². The van der Waals surface area contributed by atoms with Crippen molar-refractivity contribution >= 4 is 23.7 Å². The van der Waals surface area contributed by atoms with Crippen molar-refractivity contribution in [1.29, 1.82) is 0 Å². The maximum absolute atomic E-state index is 4.41. The Bertz CT molecular complexity index is 597. The van der Waals surface area contributed by atoms with E-state index in [1.54, 1.807) is 11.0 Å². The van der Waals surface area contributed by atoms with Crippen molar-refractivity contribution in [3.63, 3.8) is 0 Å². The fraction of sp³-hybridized carbons (Fsp3) is 0.583. The molecule has 8 nitrogen and oxygen atoms in total. The van der Waals surface area contributed by atoms with Crippen LogP contribution >= 0.6 is 11.8 Å². The van der Waals surface area contributed by atoms with Gasteiger partial charge in [0.2, 0.25) is 17.1 Å². The Morgan fingerprint density at radius 1 is 1.33 bits per heavy atom. The summed E-state index contributed by atoms with van der Waals surface area (Å²) in [5.74, 6) is 1.57. The molecule has 0 radical (unpaired) electrons. The molecule has 0 saturated heterocycles. The summed E-state index contributed by atoms with van der Waals surface area (Å²) in [6.07, 6.45) is 4.51. The molecule has 0 unspecified atom stereocenters. The van der Waals surface area contributed by atoms with Gasteiger partial charge in [-0.1, -0.05) is 18.7 Å². The number of anilines is 2. The van der Waals surface area contributed by atoms with Crippen LogP contribution in [0, 0.1) is 0 Å². The molecular formula is C12H20N8S. The van der Waals surface area contributed by atoms with E-state index in [-0.39, 0.29) is 6.04 Å². The van der Waals surface area contributed by atoms with Crippen molar-refractivity contribution in [1.82, 2.24) is 29.7 Å². The number of thioether (sulfide) groups is 1. The second-order valence-corrected chi connectivity index (χ2v) is 5.56. The highest BCUT2D eigenvalue weighted by Gasteiger charge is 2.12. The van der Waals surface area contributed by atoms with E-state index in [1.807, 2.05) is 25.3 Å². The molecule has 0 aromatic carbocycles. The molecule has 2 rings (SSSR count). The quantitative estimate of drug-likeness (QED) is 0.803. The van der Waals surface area contributed by atoms with Crippen molar-refractivity contribution in [2.45, 2.75) is 31.5 Å². The highest BCUT2D eigenvalue weighted by atomic mass is 32.2. The average molecular weight is 308 g/mol. The van der Waals surface area contributed by atoms with Gasteiger partial charge in [-0.3, -0.25) is 0 Å². The normalized spacial score (nSPS) is 12.2. The Morgan fingerprint density at radius 3 is 2.67 bits per heavy atom. The fourth-order valence-electron chi connectivity index (χ4n) is 1.48. The maximum atomic E-state index is 4.41. The lowest BCUT2D eigenvalue weighted by atomic mass is 10.3. The number of rotatable bonds is 6. The molecule has 0 saturated carbocycles. The van der Waals surface area contributed by atoms with Gasteiger partial charge in [0.05, 0.1) is 0 Å². The second kappa shape index (κ2) is 6.70. The highest BCUT2D eigenvalue weighted by Crippen LogP contribution is 2.14. The molecule has 2 heterocycles.